The molecule has 25 heavy (non-hydrogen) atoms. The zero-order chi connectivity index (χ0) is 17.6. The monoisotopic (exact) mass is 362 g/mol. The number of rotatable bonds is 4. The highest BCUT2D eigenvalue weighted by molar-refractivity contribution is 7.91. The Labute approximate surface area is 146 Å². The molecular weight excluding hydrogens is 340 g/mol. The number of H-pyrrole nitrogens is 1. The fourth-order valence-electron chi connectivity index (χ4n) is 3.56. The number of nitrogens with one attached hydrogen (secondary N) is 2. The largest absolute Gasteiger partial charge is 0.351 e. The van der Waals surface area contributed by atoms with E-state index in [0.717, 1.165) is 29.9 Å². The Morgan fingerprint density at radius 1 is 1.36 bits per heavy atom. The molecule has 2 saturated heterocycles. The summed E-state index contributed by atoms with van der Waals surface area (Å²) < 4.78 is 23.0. The third-order valence-electron chi connectivity index (χ3n) is 5.21. The fraction of sp³-hybridized carbons (Fsp3) is 0.529. The third kappa shape index (κ3) is 3.28. The number of sulfone groups is 1. The molecule has 134 valence electrons. The van der Waals surface area contributed by atoms with Crippen LogP contribution in [0.4, 0.5) is 0 Å². The van der Waals surface area contributed by atoms with Gasteiger partial charge in [-0.25, -0.2) is 13.4 Å². The van der Waals surface area contributed by atoms with E-state index in [0.29, 0.717) is 12.3 Å². The molecule has 3 heterocycles. The topological polar surface area (TPSA) is 95.2 Å². The van der Waals surface area contributed by atoms with Gasteiger partial charge in [0.25, 0.3) is 0 Å². The average Bonchev–Trinajstić information content (AvgIpc) is 3.08. The minimum Gasteiger partial charge on any atom is -0.351 e. The zero-order valence-corrected chi connectivity index (χ0v) is 14.9. The quantitative estimate of drug-likeness (QED) is 0.833. The summed E-state index contributed by atoms with van der Waals surface area (Å²) in [4.78, 5) is 22.4. The molecule has 0 unspecified atom stereocenters. The van der Waals surface area contributed by atoms with Gasteiger partial charge in [-0.15, -0.1) is 0 Å². The molecule has 0 aliphatic carbocycles. The summed E-state index contributed by atoms with van der Waals surface area (Å²) in [5.74, 6) is 1.41. The molecule has 0 saturated carbocycles. The molecule has 2 fully saturated rings. The SMILES string of the molecule is C[C@@H](C(=O)N[C@@H]1CCS(=O)(=O)C1)N1CC(c2nc3ccccc3[nH]2)C1. The summed E-state index contributed by atoms with van der Waals surface area (Å²) >= 11 is 0. The Balaban J connectivity index is 1.32. The van der Waals surface area contributed by atoms with Gasteiger partial charge in [-0.3, -0.25) is 9.69 Å². The lowest BCUT2D eigenvalue weighted by Gasteiger charge is -2.41. The first-order valence-electron chi connectivity index (χ1n) is 8.61. The number of nitrogens with zero attached hydrogens (tertiary/aromatic N) is 2. The van der Waals surface area contributed by atoms with Crippen LogP contribution < -0.4 is 5.32 Å². The van der Waals surface area contributed by atoms with Gasteiger partial charge in [0.05, 0.1) is 28.6 Å². The van der Waals surface area contributed by atoms with Crippen molar-refractivity contribution in [3.63, 3.8) is 0 Å². The van der Waals surface area contributed by atoms with Crippen molar-refractivity contribution in [1.82, 2.24) is 20.2 Å². The summed E-state index contributed by atoms with van der Waals surface area (Å²) in [7, 11) is -2.98. The molecule has 0 spiro atoms. The van der Waals surface area contributed by atoms with Crippen LogP contribution in [-0.4, -0.2) is 65.9 Å². The van der Waals surface area contributed by atoms with Gasteiger partial charge in [-0.1, -0.05) is 12.1 Å². The standard InChI is InChI=1S/C17H22N4O3S/c1-11(17(22)18-13-6-7-25(23,24)10-13)21-8-12(9-21)16-19-14-4-2-3-5-15(14)20-16/h2-5,11-13H,6-10H2,1H3,(H,18,22)(H,19,20)/t11-,13+/m0/s1. The van der Waals surface area contributed by atoms with Crippen molar-refractivity contribution in [2.24, 2.45) is 0 Å². The predicted molar refractivity (Wildman–Crippen MR) is 95.1 cm³/mol. The Morgan fingerprint density at radius 2 is 2.12 bits per heavy atom. The smallest absolute Gasteiger partial charge is 0.237 e. The number of para-hydroxylation sites is 2. The molecule has 2 atom stereocenters. The molecule has 7 nitrogen and oxygen atoms in total. The van der Waals surface area contributed by atoms with Gasteiger partial charge >= 0.3 is 0 Å². The van der Waals surface area contributed by atoms with E-state index >= 15 is 0 Å². The number of imidazole rings is 1. The number of carbonyl (C=O) groups is 1. The third-order valence-corrected chi connectivity index (χ3v) is 6.98. The maximum absolute atomic E-state index is 12.4. The van der Waals surface area contributed by atoms with Crippen molar-refractivity contribution in [3.05, 3.63) is 30.1 Å². The normalized spacial score (nSPS) is 24.9. The summed E-state index contributed by atoms with van der Waals surface area (Å²) in [5, 5.41) is 2.88. The summed E-state index contributed by atoms with van der Waals surface area (Å²) in [5.41, 5.74) is 1.99. The van der Waals surface area contributed by atoms with Gasteiger partial charge in [0, 0.05) is 25.0 Å². The molecule has 0 radical (unpaired) electrons. The first-order valence-corrected chi connectivity index (χ1v) is 10.4. The number of hydrogen-bond donors (Lipinski definition) is 2. The van der Waals surface area contributed by atoms with E-state index in [-0.39, 0.29) is 29.5 Å². The van der Waals surface area contributed by atoms with Crippen LogP contribution in [0.25, 0.3) is 11.0 Å². The minimum atomic E-state index is -2.98. The molecule has 1 amide bonds. The number of aromatic amines is 1. The van der Waals surface area contributed by atoms with E-state index in [1.807, 2.05) is 31.2 Å². The van der Waals surface area contributed by atoms with Gasteiger partial charge in [0.2, 0.25) is 5.91 Å². The number of carbonyl (C=O) groups excluding carboxylic acids is 1. The second-order valence-corrected chi connectivity index (χ2v) is 9.30. The van der Waals surface area contributed by atoms with Crippen LogP contribution in [0.5, 0.6) is 0 Å². The van der Waals surface area contributed by atoms with Gasteiger partial charge in [0.1, 0.15) is 5.82 Å². The van der Waals surface area contributed by atoms with Crippen LogP contribution in [-0.2, 0) is 14.6 Å². The van der Waals surface area contributed by atoms with Gasteiger partial charge in [-0.2, -0.15) is 0 Å². The van der Waals surface area contributed by atoms with Gasteiger partial charge in [-0.05, 0) is 25.5 Å². The molecule has 0 bridgehead atoms. The Bertz CT molecular complexity index is 869. The maximum atomic E-state index is 12.4. The van der Waals surface area contributed by atoms with E-state index in [2.05, 4.69) is 20.2 Å². The highest BCUT2D eigenvalue weighted by atomic mass is 32.2. The van der Waals surface area contributed by atoms with Crippen LogP contribution in [0.1, 0.15) is 25.1 Å². The van der Waals surface area contributed by atoms with E-state index in [1.165, 1.54) is 0 Å². The Kier molecular flexibility index (Phi) is 4.04. The zero-order valence-electron chi connectivity index (χ0n) is 14.1. The van der Waals surface area contributed by atoms with Gasteiger partial charge in [0.15, 0.2) is 9.84 Å². The van der Waals surface area contributed by atoms with Crippen molar-refractivity contribution < 1.29 is 13.2 Å². The number of fused-ring (bicyclic) bond motifs is 1. The highest BCUT2D eigenvalue weighted by Gasteiger charge is 2.37. The number of benzene rings is 1. The van der Waals surface area contributed by atoms with E-state index < -0.39 is 9.84 Å². The second-order valence-electron chi connectivity index (χ2n) is 7.07. The average molecular weight is 362 g/mol. The summed E-state index contributed by atoms with van der Waals surface area (Å²) in [6, 6.07) is 7.44. The lowest BCUT2D eigenvalue weighted by atomic mass is 9.97. The number of aromatic nitrogens is 2. The maximum Gasteiger partial charge on any atom is 0.237 e. The van der Waals surface area contributed by atoms with E-state index in [4.69, 9.17) is 0 Å². The van der Waals surface area contributed by atoms with Crippen molar-refractivity contribution in [3.8, 4) is 0 Å². The van der Waals surface area contributed by atoms with Crippen molar-refractivity contribution >= 4 is 26.8 Å². The van der Waals surface area contributed by atoms with Crippen molar-refractivity contribution in [1.29, 1.82) is 0 Å². The predicted octanol–water partition coefficient (Wildman–Crippen LogP) is 0.654. The van der Waals surface area contributed by atoms with E-state index in [1.54, 1.807) is 0 Å². The van der Waals surface area contributed by atoms with Crippen LogP contribution >= 0.6 is 0 Å². The molecule has 1 aromatic carbocycles. The molecule has 2 N–H and O–H groups in total. The molecular formula is C17H22N4O3S. The summed E-state index contributed by atoms with van der Waals surface area (Å²) in [6.45, 7) is 3.42. The molecule has 2 aliphatic heterocycles. The van der Waals surface area contributed by atoms with Crippen LogP contribution in [0, 0.1) is 0 Å². The molecule has 2 aliphatic rings. The number of likely N-dealkylation sites (tertiary alicyclic amines) is 1. The van der Waals surface area contributed by atoms with Crippen LogP contribution in [0.3, 0.4) is 0 Å². The summed E-state index contributed by atoms with van der Waals surface area (Å²) in [6.07, 6.45) is 0.516. The second kappa shape index (κ2) is 6.10. The van der Waals surface area contributed by atoms with Crippen molar-refractivity contribution in [2.75, 3.05) is 24.6 Å². The van der Waals surface area contributed by atoms with Gasteiger partial charge < -0.3 is 10.3 Å². The minimum absolute atomic E-state index is 0.0626. The Hall–Kier alpha value is -1.93. The van der Waals surface area contributed by atoms with Crippen molar-refractivity contribution in [2.45, 2.75) is 31.3 Å². The van der Waals surface area contributed by atoms with Crippen LogP contribution in [0.15, 0.2) is 24.3 Å². The molecule has 2 aromatic rings. The van der Waals surface area contributed by atoms with E-state index in [9.17, 15) is 13.2 Å². The van der Waals surface area contributed by atoms with Crippen LogP contribution in [0.2, 0.25) is 0 Å². The molecule has 4 rings (SSSR count). The first kappa shape index (κ1) is 16.5. The molecule has 1 aromatic heterocycles. The molecule has 8 heteroatoms. The fourth-order valence-corrected chi connectivity index (χ4v) is 5.24. The highest BCUT2D eigenvalue weighted by Crippen LogP contribution is 2.28. The number of amides is 1. The lowest BCUT2D eigenvalue weighted by Crippen LogP contribution is -2.56. The lowest BCUT2D eigenvalue weighted by molar-refractivity contribution is -0.128. The Morgan fingerprint density at radius 3 is 2.80 bits per heavy atom. The number of hydrogen-bond acceptors (Lipinski definition) is 5. The first-order chi connectivity index (χ1) is 11.9.